The monoisotopic (exact) mass is 425 g/mol. The van der Waals surface area contributed by atoms with E-state index < -0.39 is 0 Å². The zero-order valence-corrected chi connectivity index (χ0v) is 18.9. The molecule has 0 atom stereocenters. The van der Waals surface area contributed by atoms with E-state index in [-0.39, 0.29) is 5.41 Å². The number of nitrogens with zero attached hydrogens (tertiary/aromatic N) is 3. The normalized spacial score (nSPS) is 16.1. The molecule has 1 aliphatic rings. The lowest BCUT2D eigenvalue weighted by Gasteiger charge is -2.22. The van der Waals surface area contributed by atoms with Gasteiger partial charge in [0, 0.05) is 17.4 Å². The molecular formula is C27H27N3O2. The number of benzene rings is 2. The molecule has 2 heterocycles. The molecule has 0 N–H and O–H groups in total. The Morgan fingerprint density at radius 2 is 1.47 bits per heavy atom. The van der Waals surface area contributed by atoms with E-state index in [2.05, 4.69) is 20.8 Å². The summed E-state index contributed by atoms with van der Waals surface area (Å²) in [6.07, 6.45) is 8.33. The van der Waals surface area contributed by atoms with E-state index in [0.29, 0.717) is 29.5 Å². The van der Waals surface area contributed by atoms with Crippen LogP contribution in [0.4, 0.5) is 0 Å². The average molecular weight is 426 g/mol. The molecule has 0 radical (unpaired) electrons. The van der Waals surface area contributed by atoms with Crippen LogP contribution in [0.2, 0.25) is 0 Å². The average Bonchev–Trinajstić information content (AvgIpc) is 2.81. The van der Waals surface area contributed by atoms with Crippen molar-refractivity contribution in [1.82, 2.24) is 15.0 Å². The first-order chi connectivity index (χ1) is 15.4. The van der Waals surface area contributed by atoms with Gasteiger partial charge in [0.2, 0.25) is 0 Å². The van der Waals surface area contributed by atoms with E-state index in [1.807, 2.05) is 85.8 Å². The van der Waals surface area contributed by atoms with E-state index in [1.54, 1.807) is 0 Å². The fraction of sp³-hybridized carbons (Fsp3) is 0.222. The Morgan fingerprint density at radius 3 is 2.12 bits per heavy atom. The fourth-order valence-corrected chi connectivity index (χ4v) is 3.17. The van der Waals surface area contributed by atoms with Crippen molar-refractivity contribution in [1.29, 1.82) is 0 Å². The number of hydrogen-bond donors (Lipinski definition) is 0. The molecule has 3 aromatic rings. The standard InChI is InChI=1S/C27H27N3O2/c1-5-20-21(32-23-17-10-9-16-22(23)31-20)15-11-12-18-24-28-25(19-13-7-6-8-14-19)30-26(29-24)27(2,3)4/h5-17H,18H2,1-4H3/b12-11-,20-5+,21-15+. The Balaban J connectivity index is 1.57. The molecule has 0 saturated heterocycles. The van der Waals surface area contributed by atoms with E-state index in [4.69, 9.17) is 24.4 Å². The van der Waals surface area contributed by atoms with Gasteiger partial charge in [0.15, 0.2) is 28.8 Å². The van der Waals surface area contributed by atoms with Gasteiger partial charge < -0.3 is 9.47 Å². The molecule has 0 unspecified atom stereocenters. The van der Waals surface area contributed by atoms with Crippen molar-refractivity contribution in [2.75, 3.05) is 0 Å². The topological polar surface area (TPSA) is 57.1 Å². The Kier molecular flexibility index (Phi) is 6.17. The molecule has 1 aromatic heterocycles. The second-order valence-corrected chi connectivity index (χ2v) is 8.48. The van der Waals surface area contributed by atoms with E-state index in [9.17, 15) is 0 Å². The number of allylic oxidation sites excluding steroid dienone is 4. The van der Waals surface area contributed by atoms with Gasteiger partial charge in [-0.15, -0.1) is 0 Å². The summed E-state index contributed by atoms with van der Waals surface area (Å²) in [5, 5.41) is 0. The lowest BCUT2D eigenvalue weighted by molar-refractivity contribution is 0.294. The summed E-state index contributed by atoms with van der Waals surface area (Å²) in [4.78, 5) is 14.1. The van der Waals surface area contributed by atoms with Gasteiger partial charge in [0.1, 0.15) is 11.6 Å². The van der Waals surface area contributed by atoms with Crippen LogP contribution < -0.4 is 9.47 Å². The molecular weight excluding hydrogens is 398 g/mol. The van der Waals surface area contributed by atoms with Crippen LogP contribution in [0.3, 0.4) is 0 Å². The fourth-order valence-electron chi connectivity index (χ4n) is 3.17. The Hall–Kier alpha value is -3.73. The van der Waals surface area contributed by atoms with Crippen LogP contribution in [0.1, 0.15) is 39.3 Å². The summed E-state index contributed by atoms with van der Waals surface area (Å²) in [6, 6.07) is 17.6. The highest BCUT2D eigenvalue weighted by Gasteiger charge is 2.21. The van der Waals surface area contributed by atoms with Gasteiger partial charge in [0.25, 0.3) is 0 Å². The largest absolute Gasteiger partial charge is 0.450 e. The molecule has 0 aliphatic carbocycles. The lowest BCUT2D eigenvalue weighted by Crippen LogP contribution is -2.18. The van der Waals surface area contributed by atoms with Gasteiger partial charge in [-0.2, -0.15) is 0 Å². The van der Waals surface area contributed by atoms with Crippen LogP contribution >= 0.6 is 0 Å². The minimum absolute atomic E-state index is 0.172. The van der Waals surface area contributed by atoms with Gasteiger partial charge in [-0.25, -0.2) is 15.0 Å². The summed E-state index contributed by atoms with van der Waals surface area (Å²) >= 11 is 0. The minimum atomic E-state index is -0.172. The first-order valence-electron chi connectivity index (χ1n) is 10.7. The van der Waals surface area contributed by atoms with Crippen molar-refractivity contribution in [3.63, 3.8) is 0 Å². The van der Waals surface area contributed by atoms with Gasteiger partial charge in [0.05, 0.1) is 0 Å². The van der Waals surface area contributed by atoms with Crippen molar-refractivity contribution >= 4 is 0 Å². The summed E-state index contributed by atoms with van der Waals surface area (Å²) in [7, 11) is 0. The highest BCUT2D eigenvalue weighted by Crippen LogP contribution is 2.36. The van der Waals surface area contributed by atoms with Gasteiger partial charge in [-0.1, -0.05) is 75.4 Å². The maximum absolute atomic E-state index is 6.00. The smallest absolute Gasteiger partial charge is 0.170 e. The molecule has 0 bridgehead atoms. The zero-order valence-electron chi connectivity index (χ0n) is 18.9. The van der Waals surface area contributed by atoms with Crippen LogP contribution in [0.5, 0.6) is 11.5 Å². The summed E-state index contributed by atoms with van der Waals surface area (Å²) < 4.78 is 11.9. The maximum Gasteiger partial charge on any atom is 0.170 e. The Bertz CT molecular complexity index is 1190. The predicted molar refractivity (Wildman–Crippen MR) is 126 cm³/mol. The maximum atomic E-state index is 6.00. The molecule has 5 heteroatoms. The lowest BCUT2D eigenvalue weighted by atomic mass is 9.95. The predicted octanol–water partition coefficient (Wildman–Crippen LogP) is 6.19. The van der Waals surface area contributed by atoms with E-state index >= 15 is 0 Å². The highest BCUT2D eigenvalue weighted by molar-refractivity contribution is 5.54. The van der Waals surface area contributed by atoms with Crippen LogP contribution in [-0.2, 0) is 11.8 Å². The van der Waals surface area contributed by atoms with Gasteiger partial charge in [-0.05, 0) is 31.2 Å². The number of rotatable bonds is 4. The van der Waals surface area contributed by atoms with E-state index in [0.717, 1.165) is 23.0 Å². The SMILES string of the molecule is C/C=C1/Oc2ccccc2O/C1=C/C=C\Cc1nc(-c2ccccc2)nc(C(C)(C)C)n1. The number of para-hydroxylation sites is 2. The molecule has 32 heavy (non-hydrogen) atoms. The van der Waals surface area contributed by atoms with Crippen molar-refractivity contribution < 1.29 is 9.47 Å². The third-order valence-corrected chi connectivity index (χ3v) is 4.86. The molecule has 5 nitrogen and oxygen atoms in total. The first-order valence-corrected chi connectivity index (χ1v) is 10.7. The van der Waals surface area contributed by atoms with Crippen LogP contribution in [0.25, 0.3) is 11.4 Å². The summed E-state index contributed by atoms with van der Waals surface area (Å²) in [5.74, 6) is 4.99. The second kappa shape index (κ2) is 9.18. The molecule has 0 spiro atoms. The number of hydrogen-bond acceptors (Lipinski definition) is 5. The van der Waals surface area contributed by atoms with E-state index in [1.165, 1.54) is 0 Å². The Morgan fingerprint density at radius 1 is 0.812 bits per heavy atom. The van der Waals surface area contributed by atoms with Crippen LogP contribution in [-0.4, -0.2) is 15.0 Å². The van der Waals surface area contributed by atoms with Gasteiger partial charge >= 0.3 is 0 Å². The zero-order chi connectivity index (χ0) is 22.6. The minimum Gasteiger partial charge on any atom is -0.450 e. The van der Waals surface area contributed by atoms with Crippen LogP contribution in [0, 0.1) is 0 Å². The quantitative estimate of drug-likeness (QED) is 0.498. The first kappa shape index (κ1) is 21.5. The molecule has 4 rings (SSSR count). The summed E-state index contributed by atoms with van der Waals surface area (Å²) in [5.41, 5.74) is 0.811. The highest BCUT2D eigenvalue weighted by atomic mass is 16.6. The van der Waals surface area contributed by atoms with Crippen molar-refractivity contribution in [2.45, 2.75) is 39.5 Å². The number of aromatic nitrogens is 3. The number of fused-ring (bicyclic) bond motifs is 1. The molecule has 0 fully saturated rings. The third kappa shape index (κ3) is 4.94. The van der Waals surface area contributed by atoms with Gasteiger partial charge in [-0.3, -0.25) is 0 Å². The third-order valence-electron chi connectivity index (χ3n) is 4.86. The number of ether oxygens (including phenoxy) is 2. The van der Waals surface area contributed by atoms with Crippen molar-refractivity contribution in [3.8, 4) is 22.9 Å². The van der Waals surface area contributed by atoms with Crippen molar-refractivity contribution in [2.24, 2.45) is 0 Å². The van der Waals surface area contributed by atoms with Crippen LogP contribution in [0.15, 0.2) is 90.4 Å². The van der Waals surface area contributed by atoms with Crippen molar-refractivity contribution in [3.05, 3.63) is 102 Å². The molecule has 0 saturated carbocycles. The Labute approximate surface area is 189 Å². The molecule has 0 amide bonds. The second-order valence-electron chi connectivity index (χ2n) is 8.48. The molecule has 1 aliphatic heterocycles. The molecule has 2 aromatic carbocycles. The summed E-state index contributed by atoms with van der Waals surface area (Å²) in [6.45, 7) is 8.25. The molecule has 162 valence electrons.